The van der Waals surface area contributed by atoms with Crippen molar-refractivity contribution in [3.8, 4) is 0 Å². The second kappa shape index (κ2) is 5.72. The number of rotatable bonds is 7. The highest BCUT2D eigenvalue weighted by Crippen LogP contribution is 2.21. The predicted octanol–water partition coefficient (Wildman–Crippen LogP) is 3.40. The molecule has 0 atom stereocenters. The Morgan fingerprint density at radius 3 is 1.86 bits per heavy atom. The highest BCUT2D eigenvalue weighted by atomic mass is 16.5. The Kier molecular flexibility index (Phi) is 5.68. The maximum Gasteiger partial charge on any atom is 0.0649 e. The first-order valence-electron chi connectivity index (χ1n) is 5.58. The third-order valence-corrected chi connectivity index (χ3v) is 3.20. The van der Waals surface area contributed by atoms with Crippen molar-refractivity contribution in [2.75, 3.05) is 13.7 Å². The van der Waals surface area contributed by atoms with Crippen LogP contribution in [-0.2, 0) is 9.47 Å². The maximum absolute atomic E-state index is 5.89. The second-order valence-corrected chi connectivity index (χ2v) is 4.72. The van der Waals surface area contributed by atoms with E-state index in [1.807, 2.05) is 0 Å². The molecule has 0 unspecified atom stereocenters. The Morgan fingerprint density at radius 2 is 1.50 bits per heavy atom. The van der Waals surface area contributed by atoms with Crippen molar-refractivity contribution in [1.82, 2.24) is 0 Å². The minimum absolute atomic E-state index is 0.0455. The van der Waals surface area contributed by atoms with Crippen LogP contribution in [0.2, 0.25) is 0 Å². The van der Waals surface area contributed by atoms with Gasteiger partial charge in [0.05, 0.1) is 17.8 Å². The van der Waals surface area contributed by atoms with Crippen LogP contribution in [-0.4, -0.2) is 24.9 Å². The van der Waals surface area contributed by atoms with E-state index in [2.05, 4.69) is 34.6 Å². The highest BCUT2D eigenvalue weighted by molar-refractivity contribution is 4.73. The van der Waals surface area contributed by atoms with Gasteiger partial charge < -0.3 is 9.47 Å². The van der Waals surface area contributed by atoms with Gasteiger partial charge in [-0.2, -0.15) is 0 Å². The van der Waals surface area contributed by atoms with E-state index in [0.29, 0.717) is 0 Å². The maximum atomic E-state index is 5.89. The van der Waals surface area contributed by atoms with Gasteiger partial charge in [-0.15, -0.1) is 0 Å². The normalized spacial score (nSPS) is 13.3. The van der Waals surface area contributed by atoms with Gasteiger partial charge in [0.1, 0.15) is 0 Å². The lowest BCUT2D eigenvalue weighted by Gasteiger charge is -2.30. The summed E-state index contributed by atoms with van der Waals surface area (Å²) in [6, 6.07) is 0. The van der Waals surface area contributed by atoms with E-state index in [-0.39, 0.29) is 11.2 Å². The summed E-state index contributed by atoms with van der Waals surface area (Å²) in [5, 5.41) is 0. The van der Waals surface area contributed by atoms with Crippen LogP contribution in [0.15, 0.2) is 0 Å². The number of ether oxygens (including phenoxy) is 2. The summed E-state index contributed by atoms with van der Waals surface area (Å²) in [7, 11) is 1.75. The van der Waals surface area contributed by atoms with E-state index in [0.717, 1.165) is 25.9 Å². The number of hydrogen-bond donors (Lipinski definition) is 0. The molecule has 0 bridgehead atoms. The molecule has 0 radical (unpaired) electrons. The molecule has 0 N–H and O–H groups in total. The van der Waals surface area contributed by atoms with Gasteiger partial charge in [0.15, 0.2) is 0 Å². The van der Waals surface area contributed by atoms with E-state index in [1.165, 1.54) is 0 Å². The first-order chi connectivity index (χ1) is 6.39. The Bertz CT molecular complexity index is 148. The van der Waals surface area contributed by atoms with Gasteiger partial charge in [-0.05, 0) is 40.0 Å². The Labute approximate surface area is 89.0 Å². The molecule has 0 aliphatic carbocycles. The molecule has 86 valence electrons. The minimum Gasteiger partial charge on any atom is -0.379 e. The molecule has 0 aromatic carbocycles. The van der Waals surface area contributed by atoms with Gasteiger partial charge in [-0.3, -0.25) is 0 Å². The monoisotopic (exact) mass is 202 g/mol. The van der Waals surface area contributed by atoms with Crippen LogP contribution in [0.3, 0.4) is 0 Å². The van der Waals surface area contributed by atoms with Crippen LogP contribution in [0.1, 0.15) is 53.9 Å². The Hall–Kier alpha value is -0.0800. The predicted molar refractivity (Wildman–Crippen MR) is 60.6 cm³/mol. The summed E-state index contributed by atoms with van der Waals surface area (Å²) >= 11 is 0. The van der Waals surface area contributed by atoms with E-state index < -0.39 is 0 Å². The SMILES string of the molecule is CCC(C)(CC)OCCC(C)(C)OC. The molecule has 0 saturated carbocycles. The van der Waals surface area contributed by atoms with Crippen molar-refractivity contribution in [1.29, 1.82) is 0 Å². The molecule has 2 heteroatoms. The molecule has 0 rings (SSSR count). The molecule has 0 aliphatic heterocycles. The summed E-state index contributed by atoms with van der Waals surface area (Å²) in [6.45, 7) is 11.5. The molecule has 0 amide bonds. The average molecular weight is 202 g/mol. The highest BCUT2D eigenvalue weighted by Gasteiger charge is 2.22. The third-order valence-electron chi connectivity index (χ3n) is 3.20. The van der Waals surface area contributed by atoms with Gasteiger partial charge in [0.25, 0.3) is 0 Å². The smallest absolute Gasteiger partial charge is 0.0649 e. The van der Waals surface area contributed by atoms with Crippen molar-refractivity contribution in [3.05, 3.63) is 0 Å². The zero-order valence-electron chi connectivity index (χ0n) is 10.6. The van der Waals surface area contributed by atoms with Gasteiger partial charge >= 0.3 is 0 Å². The van der Waals surface area contributed by atoms with Gasteiger partial charge in [0.2, 0.25) is 0 Å². The zero-order valence-corrected chi connectivity index (χ0v) is 10.6. The van der Waals surface area contributed by atoms with Crippen molar-refractivity contribution < 1.29 is 9.47 Å². The van der Waals surface area contributed by atoms with E-state index in [9.17, 15) is 0 Å². The van der Waals surface area contributed by atoms with Crippen LogP contribution in [0.5, 0.6) is 0 Å². The van der Waals surface area contributed by atoms with Crippen LogP contribution in [0.25, 0.3) is 0 Å². The first kappa shape index (κ1) is 13.9. The number of hydrogen-bond acceptors (Lipinski definition) is 2. The quantitative estimate of drug-likeness (QED) is 0.630. The van der Waals surface area contributed by atoms with E-state index in [1.54, 1.807) is 7.11 Å². The van der Waals surface area contributed by atoms with Crippen molar-refractivity contribution in [3.63, 3.8) is 0 Å². The third kappa shape index (κ3) is 4.97. The molecule has 2 nitrogen and oxygen atoms in total. The van der Waals surface area contributed by atoms with Crippen molar-refractivity contribution in [2.24, 2.45) is 0 Å². The molecule has 0 heterocycles. The van der Waals surface area contributed by atoms with Gasteiger partial charge in [-0.1, -0.05) is 13.8 Å². The lowest BCUT2D eigenvalue weighted by Crippen LogP contribution is -2.31. The van der Waals surface area contributed by atoms with Gasteiger partial charge in [0, 0.05) is 7.11 Å². The number of methoxy groups -OCH3 is 1. The van der Waals surface area contributed by atoms with Crippen molar-refractivity contribution in [2.45, 2.75) is 65.1 Å². The lowest BCUT2D eigenvalue weighted by molar-refractivity contribution is -0.0695. The summed E-state index contributed by atoms with van der Waals surface area (Å²) in [5.41, 5.74) is -0.0216. The molecular formula is C12H26O2. The topological polar surface area (TPSA) is 18.5 Å². The summed E-state index contributed by atoms with van der Waals surface area (Å²) < 4.78 is 11.2. The van der Waals surface area contributed by atoms with E-state index in [4.69, 9.17) is 9.47 Å². The molecule has 0 aliphatic rings. The molecule has 0 aromatic rings. The standard InChI is InChI=1S/C12H26O2/c1-7-12(5,8-2)14-10-9-11(3,4)13-6/h7-10H2,1-6H3. The minimum atomic E-state index is -0.0671. The van der Waals surface area contributed by atoms with Crippen LogP contribution in [0, 0.1) is 0 Å². The lowest BCUT2D eigenvalue weighted by atomic mass is 9.99. The van der Waals surface area contributed by atoms with Crippen LogP contribution < -0.4 is 0 Å². The molecule has 0 fully saturated rings. The van der Waals surface area contributed by atoms with Crippen LogP contribution in [0.4, 0.5) is 0 Å². The molecule has 0 spiro atoms. The fourth-order valence-electron chi connectivity index (χ4n) is 1.10. The second-order valence-electron chi connectivity index (χ2n) is 4.72. The Balaban J connectivity index is 3.83. The van der Waals surface area contributed by atoms with Gasteiger partial charge in [-0.25, -0.2) is 0 Å². The summed E-state index contributed by atoms with van der Waals surface area (Å²) in [5.74, 6) is 0. The largest absolute Gasteiger partial charge is 0.379 e. The molecule has 0 aromatic heterocycles. The summed E-state index contributed by atoms with van der Waals surface area (Å²) in [6.07, 6.45) is 3.08. The molecule has 14 heavy (non-hydrogen) atoms. The van der Waals surface area contributed by atoms with E-state index >= 15 is 0 Å². The van der Waals surface area contributed by atoms with Crippen LogP contribution >= 0.6 is 0 Å². The summed E-state index contributed by atoms with van der Waals surface area (Å²) in [4.78, 5) is 0. The first-order valence-corrected chi connectivity index (χ1v) is 5.58. The van der Waals surface area contributed by atoms with Crippen molar-refractivity contribution >= 4 is 0 Å². The zero-order chi connectivity index (χ0) is 11.2. The Morgan fingerprint density at radius 1 is 1.00 bits per heavy atom. The fourth-order valence-corrected chi connectivity index (χ4v) is 1.10. The fraction of sp³-hybridized carbons (Fsp3) is 1.00. The average Bonchev–Trinajstić information content (AvgIpc) is 2.17. The molecular weight excluding hydrogens is 176 g/mol. The molecule has 0 saturated heterocycles.